The maximum atomic E-state index is 14.4. The summed E-state index contributed by atoms with van der Waals surface area (Å²) in [5, 5.41) is 12.3. The highest BCUT2D eigenvalue weighted by Crippen LogP contribution is 2.44. The fourth-order valence-corrected chi connectivity index (χ4v) is 13.0. The normalized spacial score (nSPS) is 18.6. The van der Waals surface area contributed by atoms with Crippen LogP contribution in [0, 0.1) is 5.41 Å². The van der Waals surface area contributed by atoms with Gasteiger partial charge in [0, 0.05) is 36.7 Å². The third-order valence-corrected chi connectivity index (χ3v) is 15.0. The number of esters is 1. The van der Waals surface area contributed by atoms with E-state index in [-0.39, 0.29) is 24.1 Å². The van der Waals surface area contributed by atoms with Crippen LogP contribution in [0.5, 0.6) is 0 Å². The van der Waals surface area contributed by atoms with Crippen molar-refractivity contribution in [3.05, 3.63) is 90.0 Å². The van der Waals surface area contributed by atoms with Crippen molar-refractivity contribution in [1.82, 2.24) is 4.57 Å². The zero-order valence-corrected chi connectivity index (χ0v) is 28.5. The number of anilines is 1. The van der Waals surface area contributed by atoms with E-state index in [9.17, 15) is 24.3 Å². The molecule has 3 aromatic rings. The molecule has 5 rings (SSSR count). The van der Waals surface area contributed by atoms with Crippen LogP contribution < -0.4 is 15.3 Å². The van der Waals surface area contributed by atoms with Gasteiger partial charge in [-0.25, -0.2) is 4.79 Å². The molecule has 1 fully saturated rings. The van der Waals surface area contributed by atoms with Crippen LogP contribution in [-0.4, -0.2) is 66.5 Å². The number of fused-ring (bicyclic) bond motifs is 1. The van der Waals surface area contributed by atoms with Gasteiger partial charge < -0.3 is 24.0 Å². The second kappa shape index (κ2) is 11.8. The average molecular weight is 643 g/mol. The number of aliphatic carboxylic acids is 1. The number of nitrogens with zero attached hydrogens (tertiary/aromatic N) is 2. The topological polar surface area (TPSA) is 113 Å². The highest BCUT2D eigenvalue weighted by atomic mass is 28.3. The van der Waals surface area contributed by atoms with Crippen molar-refractivity contribution in [3.63, 3.8) is 0 Å². The van der Waals surface area contributed by atoms with E-state index in [0.717, 1.165) is 22.9 Å². The molecule has 242 valence electrons. The van der Waals surface area contributed by atoms with Crippen LogP contribution in [0.25, 0.3) is 0 Å². The minimum absolute atomic E-state index is 0.0347. The molecule has 46 heavy (non-hydrogen) atoms. The molecule has 0 spiro atoms. The lowest BCUT2D eigenvalue weighted by molar-refractivity contribution is -0.218. The molecule has 3 aromatic carbocycles. The molecule has 2 aliphatic rings. The molecule has 0 aromatic heterocycles. The molecule has 0 radical (unpaired) electrons. The fraction of sp³-hybridized carbons (Fsp3) is 0.389. The number of hydrogen-bond donors (Lipinski definition) is 1. The van der Waals surface area contributed by atoms with Gasteiger partial charge >= 0.3 is 11.9 Å². The van der Waals surface area contributed by atoms with E-state index in [1.54, 1.807) is 32.9 Å². The predicted octanol–water partition coefficient (Wildman–Crippen LogP) is 4.37. The Hall–Kier alpha value is -4.28. The van der Waals surface area contributed by atoms with Crippen LogP contribution in [0.15, 0.2) is 78.9 Å². The molecule has 10 heteroatoms. The van der Waals surface area contributed by atoms with E-state index in [1.165, 1.54) is 4.90 Å². The molecule has 2 heterocycles. The number of carboxylic acids is 1. The Labute approximate surface area is 271 Å². The summed E-state index contributed by atoms with van der Waals surface area (Å²) in [5.41, 5.74) is -1.57. The zero-order chi connectivity index (χ0) is 33.7. The number of morpholine rings is 1. The van der Waals surface area contributed by atoms with Gasteiger partial charge in [0.05, 0.1) is 6.61 Å². The van der Waals surface area contributed by atoms with Crippen molar-refractivity contribution in [1.29, 1.82) is 0 Å². The number of carbonyl (C=O) groups excluding carboxylic acids is 3. The first kappa shape index (κ1) is 33.1. The number of carboxylic acid groups (broad SMARTS) is 1. The molecule has 0 bridgehead atoms. The first-order chi connectivity index (χ1) is 21.6. The molecule has 1 saturated heterocycles. The van der Waals surface area contributed by atoms with Gasteiger partial charge in [-0.1, -0.05) is 102 Å². The van der Waals surface area contributed by atoms with Crippen molar-refractivity contribution in [2.24, 2.45) is 5.41 Å². The summed E-state index contributed by atoms with van der Waals surface area (Å²) in [5.74, 6) is -2.98. The summed E-state index contributed by atoms with van der Waals surface area (Å²) >= 11 is 0. The van der Waals surface area contributed by atoms with Gasteiger partial charge in [0.2, 0.25) is 19.7 Å². The van der Waals surface area contributed by atoms with Gasteiger partial charge in [-0.05, 0) is 39.2 Å². The summed E-state index contributed by atoms with van der Waals surface area (Å²) in [6.45, 7) is 13.0. The van der Waals surface area contributed by atoms with Crippen LogP contribution >= 0.6 is 0 Å². The highest BCUT2D eigenvalue weighted by molar-refractivity contribution is 7.03. The lowest BCUT2D eigenvalue weighted by Crippen LogP contribution is -2.74. The number of carbonyl (C=O) groups is 4. The SMILES string of the molecule is CC(=O)O[C@@](C(=O)O)([C@H]1OCCN(c2ccc3c(c2)CN([Si](c2ccccc2)(c2ccccc2)C(C)(C)C)C3=O)C1=O)C(C)(C)C. The number of benzene rings is 3. The monoisotopic (exact) mass is 642 g/mol. The van der Waals surface area contributed by atoms with E-state index in [4.69, 9.17) is 9.47 Å². The summed E-state index contributed by atoms with van der Waals surface area (Å²) < 4.78 is 13.3. The van der Waals surface area contributed by atoms with Gasteiger partial charge in [0.15, 0.2) is 6.10 Å². The van der Waals surface area contributed by atoms with Crippen molar-refractivity contribution in [3.8, 4) is 0 Å². The first-order valence-electron chi connectivity index (χ1n) is 15.5. The van der Waals surface area contributed by atoms with E-state index in [2.05, 4.69) is 49.6 Å². The molecule has 9 nitrogen and oxygen atoms in total. The van der Waals surface area contributed by atoms with Crippen LogP contribution in [0.3, 0.4) is 0 Å². The summed E-state index contributed by atoms with van der Waals surface area (Å²) in [4.78, 5) is 54.9. The van der Waals surface area contributed by atoms with Crippen molar-refractivity contribution in [2.75, 3.05) is 18.1 Å². The maximum absolute atomic E-state index is 14.4. The molecular weight excluding hydrogens is 600 g/mol. The van der Waals surface area contributed by atoms with Gasteiger partial charge in [-0.2, -0.15) is 0 Å². The van der Waals surface area contributed by atoms with Crippen molar-refractivity contribution >= 4 is 48.0 Å². The fourth-order valence-electron chi connectivity index (χ4n) is 7.29. The number of amides is 2. The third kappa shape index (κ3) is 5.13. The second-order valence-electron chi connectivity index (χ2n) is 14.1. The lowest BCUT2D eigenvalue weighted by Gasteiger charge is -2.49. The highest BCUT2D eigenvalue weighted by Gasteiger charge is 2.63. The Bertz CT molecular complexity index is 1620. The van der Waals surface area contributed by atoms with E-state index < -0.39 is 43.2 Å². The second-order valence-corrected chi connectivity index (χ2v) is 18.7. The van der Waals surface area contributed by atoms with E-state index in [1.807, 2.05) is 42.5 Å². The van der Waals surface area contributed by atoms with E-state index >= 15 is 0 Å². The van der Waals surface area contributed by atoms with E-state index in [0.29, 0.717) is 17.8 Å². The van der Waals surface area contributed by atoms with Crippen LogP contribution in [0.1, 0.15) is 64.4 Å². The molecule has 0 unspecified atom stereocenters. The molecule has 2 amide bonds. The number of ether oxygens (including phenoxy) is 2. The minimum Gasteiger partial charge on any atom is -0.478 e. The Balaban J connectivity index is 1.58. The van der Waals surface area contributed by atoms with Crippen LogP contribution in [0.2, 0.25) is 5.04 Å². The predicted molar refractivity (Wildman–Crippen MR) is 178 cm³/mol. The summed E-state index contributed by atoms with van der Waals surface area (Å²) in [7, 11) is -2.96. The van der Waals surface area contributed by atoms with Crippen molar-refractivity contribution < 1.29 is 33.8 Å². The molecule has 0 aliphatic carbocycles. The standard InChI is InChI=1S/C36H42N2O7Si/c1-24(39)45-36(33(42)43,34(2,3)4)30-32(41)37(20-21-44-30)26-18-19-29-25(22-26)23-38(31(29)40)46(35(5,6)7,27-14-10-8-11-15-27)28-16-12-9-13-17-28/h8-19,22,30H,20-21,23H2,1-7H3,(H,42,43)/t30-,36+/m0/s1. The summed E-state index contributed by atoms with van der Waals surface area (Å²) in [6.07, 6.45) is -1.58. The average Bonchev–Trinajstić information content (AvgIpc) is 3.31. The quantitative estimate of drug-likeness (QED) is 0.301. The van der Waals surface area contributed by atoms with Crippen LogP contribution in [0.4, 0.5) is 5.69 Å². The summed E-state index contributed by atoms with van der Waals surface area (Å²) in [6, 6.07) is 25.8. The smallest absolute Gasteiger partial charge is 0.352 e. The lowest BCUT2D eigenvalue weighted by atomic mass is 9.71. The Morgan fingerprint density at radius 2 is 1.46 bits per heavy atom. The Morgan fingerprint density at radius 3 is 1.93 bits per heavy atom. The molecular formula is C36H42N2O7Si. The van der Waals surface area contributed by atoms with Gasteiger partial charge in [-0.15, -0.1) is 0 Å². The molecule has 1 N–H and O–H groups in total. The molecule has 0 saturated carbocycles. The van der Waals surface area contributed by atoms with Crippen LogP contribution in [-0.2, 0) is 30.4 Å². The molecule has 2 atom stereocenters. The first-order valence-corrected chi connectivity index (χ1v) is 17.4. The minimum atomic E-state index is -2.96. The number of rotatable bonds is 7. The number of hydrogen-bond acceptors (Lipinski definition) is 6. The largest absolute Gasteiger partial charge is 0.478 e. The Morgan fingerprint density at radius 1 is 0.891 bits per heavy atom. The van der Waals surface area contributed by atoms with Gasteiger partial charge in [-0.3, -0.25) is 14.4 Å². The Kier molecular flexibility index (Phi) is 8.50. The molecule has 2 aliphatic heterocycles. The van der Waals surface area contributed by atoms with Crippen molar-refractivity contribution in [2.45, 2.75) is 71.8 Å². The third-order valence-electron chi connectivity index (χ3n) is 9.27. The zero-order valence-electron chi connectivity index (χ0n) is 27.5. The van der Waals surface area contributed by atoms with Gasteiger partial charge in [0.1, 0.15) is 0 Å². The maximum Gasteiger partial charge on any atom is 0.352 e. The van der Waals surface area contributed by atoms with Gasteiger partial charge in [0.25, 0.3) is 5.91 Å².